The van der Waals surface area contributed by atoms with E-state index in [1.54, 1.807) is 18.9 Å². The first-order chi connectivity index (χ1) is 13.6. The van der Waals surface area contributed by atoms with E-state index in [2.05, 4.69) is 15.4 Å². The van der Waals surface area contributed by atoms with Crippen molar-refractivity contribution in [3.63, 3.8) is 0 Å². The fraction of sp³-hybridized carbons (Fsp3) is 0.150. The molecular weight excluding hydrogens is 396 g/mol. The van der Waals surface area contributed by atoms with Gasteiger partial charge in [0.15, 0.2) is 11.0 Å². The van der Waals surface area contributed by atoms with E-state index in [9.17, 15) is 0 Å². The Bertz CT molecular complexity index is 1070. The predicted molar refractivity (Wildman–Crippen MR) is 110 cm³/mol. The van der Waals surface area contributed by atoms with Gasteiger partial charge in [0.05, 0.1) is 12.9 Å². The van der Waals surface area contributed by atoms with Crippen LogP contribution in [0.5, 0.6) is 5.75 Å². The molecule has 0 saturated carbocycles. The monoisotopic (exact) mass is 412 g/mol. The third-order valence-corrected chi connectivity index (χ3v) is 5.52. The number of aromatic nitrogens is 4. The van der Waals surface area contributed by atoms with Crippen LogP contribution in [0.25, 0.3) is 22.6 Å². The number of thioether (sulfide) groups is 1. The molecular formula is C20H17ClN4O2S. The van der Waals surface area contributed by atoms with Gasteiger partial charge in [-0.1, -0.05) is 40.7 Å². The van der Waals surface area contributed by atoms with E-state index in [4.69, 9.17) is 20.9 Å². The van der Waals surface area contributed by atoms with Gasteiger partial charge in [-0.15, -0.1) is 10.2 Å². The molecule has 0 atom stereocenters. The molecule has 0 saturated heterocycles. The minimum absolute atomic E-state index is 0.606. The summed E-state index contributed by atoms with van der Waals surface area (Å²) in [5, 5.41) is 14.2. The summed E-state index contributed by atoms with van der Waals surface area (Å²) in [6, 6.07) is 17.2. The summed E-state index contributed by atoms with van der Waals surface area (Å²) in [4.78, 5) is 0. The van der Waals surface area contributed by atoms with Crippen LogP contribution in [0, 0.1) is 0 Å². The molecule has 0 spiro atoms. The molecule has 0 fully saturated rings. The van der Waals surface area contributed by atoms with Crippen LogP contribution in [0.2, 0.25) is 5.02 Å². The van der Waals surface area contributed by atoms with Crippen LogP contribution in [0.4, 0.5) is 0 Å². The summed E-state index contributed by atoms with van der Waals surface area (Å²) < 4.78 is 12.6. The van der Waals surface area contributed by atoms with Crippen LogP contribution in [0.1, 0.15) is 5.76 Å². The maximum atomic E-state index is 5.93. The zero-order chi connectivity index (χ0) is 19.5. The molecule has 0 aliphatic heterocycles. The molecule has 0 N–H and O–H groups in total. The van der Waals surface area contributed by atoms with Gasteiger partial charge in [-0.25, -0.2) is 0 Å². The number of benzene rings is 2. The SMILES string of the molecule is COc1ccc(-c2nnc(SCc3cc(-c4ccc(Cl)cc4)no3)n2C)cc1. The quantitative estimate of drug-likeness (QED) is 0.411. The van der Waals surface area contributed by atoms with Crippen LogP contribution < -0.4 is 4.74 Å². The number of hydrogen-bond donors (Lipinski definition) is 0. The van der Waals surface area contributed by atoms with Crippen LogP contribution in [0.15, 0.2) is 64.3 Å². The molecule has 28 heavy (non-hydrogen) atoms. The second-order valence-corrected chi connectivity index (χ2v) is 7.45. The molecule has 0 bridgehead atoms. The average molecular weight is 413 g/mol. The zero-order valence-corrected chi connectivity index (χ0v) is 16.9. The summed E-state index contributed by atoms with van der Waals surface area (Å²) in [6.45, 7) is 0. The Hall–Kier alpha value is -2.77. The third kappa shape index (κ3) is 3.90. The number of rotatable bonds is 6. The van der Waals surface area contributed by atoms with E-state index in [1.165, 1.54) is 0 Å². The topological polar surface area (TPSA) is 66.0 Å². The molecule has 2 heterocycles. The van der Waals surface area contributed by atoms with Crippen molar-refractivity contribution in [1.82, 2.24) is 19.9 Å². The molecule has 4 rings (SSSR count). The summed E-state index contributed by atoms with van der Waals surface area (Å²) >= 11 is 7.47. The highest BCUT2D eigenvalue weighted by Crippen LogP contribution is 2.28. The van der Waals surface area contributed by atoms with Crippen molar-refractivity contribution >= 4 is 23.4 Å². The van der Waals surface area contributed by atoms with Crippen molar-refractivity contribution < 1.29 is 9.26 Å². The van der Waals surface area contributed by atoms with Crippen molar-refractivity contribution in [2.75, 3.05) is 7.11 Å². The highest BCUT2D eigenvalue weighted by molar-refractivity contribution is 7.98. The van der Waals surface area contributed by atoms with Gasteiger partial charge in [-0.05, 0) is 36.4 Å². The maximum Gasteiger partial charge on any atom is 0.191 e. The zero-order valence-electron chi connectivity index (χ0n) is 15.3. The van der Waals surface area contributed by atoms with Crippen molar-refractivity contribution in [3.05, 3.63) is 65.4 Å². The van der Waals surface area contributed by atoms with E-state index < -0.39 is 0 Å². The summed E-state index contributed by atoms with van der Waals surface area (Å²) in [5.74, 6) is 2.98. The van der Waals surface area contributed by atoms with Crippen LogP contribution >= 0.6 is 23.4 Å². The molecule has 2 aromatic carbocycles. The lowest BCUT2D eigenvalue weighted by molar-refractivity contribution is 0.397. The lowest BCUT2D eigenvalue weighted by atomic mass is 10.1. The molecule has 8 heteroatoms. The van der Waals surface area contributed by atoms with Crippen LogP contribution in [-0.4, -0.2) is 27.0 Å². The largest absolute Gasteiger partial charge is 0.497 e. The van der Waals surface area contributed by atoms with Gasteiger partial charge in [0.25, 0.3) is 0 Å². The maximum absolute atomic E-state index is 5.93. The van der Waals surface area contributed by atoms with Gasteiger partial charge in [0, 0.05) is 29.3 Å². The number of nitrogens with zero attached hydrogens (tertiary/aromatic N) is 4. The highest BCUT2D eigenvalue weighted by Gasteiger charge is 2.13. The van der Waals surface area contributed by atoms with Gasteiger partial charge in [-0.2, -0.15) is 0 Å². The van der Waals surface area contributed by atoms with Gasteiger partial charge in [-0.3, -0.25) is 0 Å². The van der Waals surface area contributed by atoms with Gasteiger partial charge in [0.1, 0.15) is 17.2 Å². The Balaban J connectivity index is 1.45. The molecule has 6 nitrogen and oxygen atoms in total. The highest BCUT2D eigenvalue weighted by atomic mass is 35.5. The Kier molecular flexibility index (Phi) is 5.36. The van der Waals surface area contributed by atoms with Gasteiger partial charge < -0.3 is 13.8 Å². The molecule has 0 unspecified atom stereocenters. The number of halogens is 1. The van der Waals surface area contributed by atoms with Crippen molar-refractivity contribution in [1.29, 1.82) is 0 Å². The van der Waals surface area contributed by atoms with E-state index in [1.807, 2.05) is 66.2 Å². The first kappa shape index (κ1) is 18.6. The molecule has 0 aliphatic carbocycles. The third-order valence-electron chi connectivity index (χ3n) is 4.23. The molecule has 0 amide bonds. The standard InChI is InChI=1S/C20H17ClN4O2S/c1-25-19(14-5-9-16(26-2)10-6-14)22-23-20(25)28-12-17-11-18(24-27-17)13-3-7-15(21)8-4-13/h3-11H,12H2,1-2H3. The molecule has 0 radical (unpaired) electrons. The minimum Gasteiger partial charge on any atom is -0.497 e. The van der Waals surface area contributed by atoms with E-state index in [0.717, 1.165) is 39.3 Å². The molecule has 0 aliphatic rings. The first-order valence-corrected chi connectivity index (χ1v) is 9.88. The first-order valence-electron chi connectivity index (χ1n) is 8.52. The van der Waals surface area contributed by atoms with Gasteiger partial charge >= 0.3 is 0 Å². The minimum atomic E-state index is 0.606. The van der Waals surface area contributed by atoms with Crippen molar-refractivity contribution in [3.8, 4) is 28.4 Å². The van der Waals surface area contributed by atoms with Crippen molar-refractivity contribution in [2.45, 2.75) is 10.9 Å². The van der Waals surface area contributed by atoms with Gasteiger partial charge in [0.2, 0.25) is 0 Å². The van der Waals surface area contributed by atoms with E-state index in [0.29, 0.717) is 10.8 Å². The van der Waals surface area contributed by atoms with Crippen molar-refractivity contribution in [2.24, 2.45) is 7.05 Å². The second kappa shape index (κ2) is 8.08. The summed E-state index contributed by atoms with van der Waals surface area (Å²) in [7, 11) is 3.59. The van der Waals surface area contributed by atoms with Crippen LogP contribution in [-0.2, 0) is 12.8 Å². The number of methoxy groups -OCH3 is 1. The fourth-order valence-electron chi connectivity index (χ4n) is 2.71. The average Bonchev–Trinajstić information content (AvgIpc) is 3.34. The molecule has 4 aromatic rings. The smallest absolute Gasteiger partial charge is 0.191 e. The van der Waals surface area contributed by atoms with Crippen LogP contribution in [0.3, 0.4) is 0 Å². The van der Waals surface area contributed by atoms with E-state index >= 15 is 0 Å². The summed E-state index contributed by atoms with van der Waals surface area (Å²) in [6.07, 6.45) is 0. The Morgan fingerprint density at radius 1 is 1.04 bits per heavy atom. The normalized spacial score (nSPS) is 11.0. The Morgan fingerprint density at radius 3 is 2.46 bits per heavy atom. The number of ether oxygens (including phenoxy) is 1. The number of hydrogen-bond acceptors (Lipinski definition) is 6. The summed E-state index contributed by atoms with van der Waals surface area (Å²) in [5.41, 5.74) is 2.72. The molecule has 2 aromatic heterocycles. The second-order valence-electron chi connectivity index (χ2n) is 6.07. The lowest BCUT2D eigenvalue weighted by Crippen LogP contribution is -1.95. The molecule has 142 valence electrons. The fourth-order valence-corrected chi connectivity index (χ4v) is 3.62. The Labute approximate surface area is 171 Å². The van der Waals surface area contributed by atoms with E-state index in [-0.39, 0.29) is 0 Å². The predicted octanol–water partition coefficient (Wildman–Crippen LogP) is 5.09. The lowest BCUT2D eigenvalue weighted by Gasteiger charge is -2.04. The Morgan fingerprint density at radius 2 is 1.75 bits per heavy atom.